The Kier molecular flexibility index (Phi) is 6.03. The summed E-state index contributed by atoms with van der Waals surface area (Å²) in [5.74, 6) is 0.0750. The van der Waals surface area contributed by atoms with Gasteiger partial charge in [0.05, 0.1) is 5.41 Å². The first-order chi connectivity index (χ1) is 10.2. The van der Waals surface area contributed by atoms with Crippen LogP contribution >= 0.6 is 11.6 Å². The smallest absolute Gasteiger partial charge is 0.230 e. The fourth-order valence-corrected chi connectivity index (χ4v) is 2.95. The Morgan fingerprint density at radius 2 is 2.10 bits per heavy atom. The number of nitrogens with one attached hydrogen (secondary N) is 2. The van der Waals surface area contributed by atoms with Crippen molar-refractivity contribution in [3.63, 3.8) is 0 Å². The molecule has 1 aliphatic heterocycles. The largest absolute Gasteiger partial charge is 0.381 e. The van der Waals surface area contributed by atoms with Crippen LogP contribution in [0.2, 0.25) is 5.02 Å². The summed E-state index contributed by atoms with van der Waals surface area (Å²) in [6, 6.07) is 7.62. The maximum atomic E-state index is 12.8. The number of amides is 1. The van der Waals surface area contributed by atoms with Gasteiger partial charge in [-0.3, -0.25) is 4.79 Å². The Bertz CT molecular complexity index is 473. The number of hydrogen-bond acceptors (Lipinski definition) is 3. The predicted octanol–water partition coefficient (Wildman–Crippen LogP) is 2.11. The highest BCUT2D eigenvalue weighted by molar-refractivity contribution is 6.30. The standard InChI is InChI=1S/C16H23ClN2O2/c1-2-18-8-9-19-15(20)16(6-10-21-11-7-16)13-4-3-5-14(17)12-13/h3-5,12,18H,2,6-11H2,1H3,(H,19,20). The Hall–Kier alpha value is -1.10. The first-order valence-corrected chi connectivity index (χ1v) is 7.89. The van der Waals surface area contributed by atoms with Gasteiger partial charge in [-0.1, -0.05) is 30.7 Å². The van der Waals surface area contributed by atoms with Crippen LogP contribution in [-0.4, -0.2) is 38.8 Å². The van der Waals surface area contributed by atoms with E-state index >= 15 is 0 Å². The fourth-order valence-electron chi connectivity index (χ4n) is 2.76. The van der Waals surface area contributed by atoms with E-state index in [4.69, 9.17) is 16.3 Å². The van der Waals surface area contributed by atoms with E-state index < -0.39 is 5.41 Å². The molecule has 5 heteroatoms. The zero-order valence-corrected chi connectivity index (χ0v) is 13.2. The first-order valence-electron chi connectivity index (χ1n) is 7.52. The van der Waals surface area contributed by atoms with Gasteiger partial charge >= 0.3 is 0 Å². The van der Waals surface area contributed by atoms with Crippen LogP contribution in [0.1, 0.15) is 25.3 Å². The molecule has 4 nitrogen and oxygen atoms in total. The number of hydrogen-bond donors (Lipinski definition) is 2. The maximum Gasteiger partial charge on any atom is 0.230 e. The average Bonchev–Trinajstić information content (AvgIpc) is 2.52. The number of likely N-dealkylation sites (N-methyl/N-ethyl adjacent to an activating group) is 1. The van der Waals surface area contributed by atoms with Crippen molar-refractivity contribution >= 4 is 17.5 Å². The predicted molar refractivity (Wildman–Crippen MR) is 84.7 cm³/mol. The van der Waals surface area contributed by atoms with Crippen LogP contribution in [0.4, 0.5) is 0 Å². The Labute approximate surface area is 131 Å². The third-order valence-corrected chi connectivity index (χ3v) is 4.23. The van der Waals surface area contributed by atoms with Gasteiger partial charge in [0.2, 0.25) is 5.91 Å². The number of carbonyl (C=O) groups excluding carboxylic acids is 1. The van der Waals surface area contributed by atoms with E-state index in [-0.39, 0.29) is 5.91 Å². The van der Waals surface area contributed by atoms with Crippen LogP contribution in [0.3, 0.4) is 0 Å². The lowest BCUT2D eigenvalue weighted by molar-refractivity contribution is -0.130. The minimum Gasteiger partial charge on any atom is -0.381 e. The highest BCUT2D eigenvalue weighted by atomic mass is 35.5. The Balaban J connectivity index is 2.15. The third kappa shape index (κ3) is 3.96. The lowest BCUT2D eigenvalue weighted by atomic mass is 9.73. The van der Waals surface area contributed by atoms with Crippen LogP contribution in [-0.2, 0) is 14.9 Å². The van der Waals surface area contributed by atoms with E-state index in [1.165, 1.54) is 0 Å². The molecule has 1 fully saturated rings. The number of benzene rings is 1. The van der Waals surface area contributed by atoms with Gasteiger partial charge in [0.25, 0.3) is 0 Å². The van der Waals surface area contributed by atoms with Gasteiger partial charge in [0, 0.05) is 31.3 Å². The molecule has 0 bridgehead atoms. The van der Waals surface area contributed by atoms with Crippen molar-refractivity contribution in [3.8, 4) is 0 Å². The van der Waals surface area contributed by atoms with Crippen LogP contribution in [0, 0.1) is 0 Å². The molecule has 1 heterocycles. The van der Waals surface area contributed by atoms with E-state index in [0.717, 1.165) is 18.7 Å². The summed E-state index contributed by atoms with van der Waals surface area (Å²) in [5.41, 5.74) is 0.467. The van der Waals surface area contributed by atoms with Gasteiger partial charge in [-0.05, 0) is 37.1 Å². The quantitative estimate of drug-likeness (QED) is 0.791. The molecule has 0 radical (unpaired) electrons. The van der Waals surface area contributed by atoms with Gasteiger partial charge in [0.15, 0.2) is 0 Å². The van der Waals surface area contributed by atoms with E-state index in [2.05, 4.69) is 10.6 Å². The topological polar surface area (TPSA) is 50.4 Å². The molecule has 1 aromatic rings. The number of rotatable bonds is 6. The number of ether oxygens (including phenoxy) is 1. The Morgan fingerprint density at radius 3 is 2.76 bits per heavy atom. The summed E-state index contributed by atoms with van der Waals surface area (Å²) >= 11 is 6.10. The summed E-state index contributed by atoms with van der Waals surface area (Å²) in [5, 5.41) is 6.92. The van der Waals surface area contributed by atoms with E-state index in [1.807, 2.05) is 31.2 Å². The molecule has 0 aromatic heterocycles. The van der Waals surface area contributed by atoms with Gasteiger partial charge < -0.3 is 15.4 Å². The van der Waals surface area contributed by atoms with E-state index in [0.29, 0.717) is 37.6 Å². The molecule has 0 spiro atoms. The SMILES string of the molecule is CCNCCNC(=O)C1(c2cccc(Cl)c2)CCOCC1. The molecular formula is C16H23ClN2O2. The molecule has 0 atom stereocenters. The van der Waals surface area contributed by atoms with Gasteiger partial charge in [-0.2, -0.15) is 0 Å². The molecule has 2 N–H and O–H groups in total. The minimum atomic E-state index is -0.518. The second-order valence-corrected chi connectivity index (χ2v) is 5.75. The van der Waals surface area contributed by atoms with Gasteiger partial charge in [-0.25, -0.2) is 0 Å². The minimum absolute atomic E-state index is 0.0750. The average molecular weight is 311 g/mol. The zero-order valence-electron chi connectivity index (χ0n) is 12.5. The maximum absolute atomic E-state index is 12.8. The van der Waals surface area contributed by atoms with Crippen LogP contribution in [0.25, 0.3) is 0 Å². The number of halogens is 1. The molecule has 0 aliphatic carbocycles. The lowest BCUT2D eigenvalue weighted by Gasteiger charge is -2.36. The van der Waals surface area contributed by atoms with Gasteiger partial charge in [0.1, 0.15) is 0 Å². The third-order valence-electron chi connectivity index (χ3n) is 4.00. The van der Waals surface area contributed by atoms with Crippen molar-refractivity contribution in [3.05, 3.63) is 34.9 Å². The summed E-state index contributed by atoms with van der Waals surface area (Å²) in [7, 11) is 0. The molecule has 21 heavy (non-hydrogen) atoms. The van der Waals surface area contributed by atoms with Crippen molar-refractivity contribution in [2.24, 2.45) is 0 Å². The normalized spacial score (nSPS) is 17.4. The molecule has 0 saturated carbocycles. The molecule has 1 aromatic carbocycles. The van der Waals surface area contributed by atoms with Crippen molar-refractivity contribution in [1.29, 1.82) is 0 Å². The molecule has 1 saturated heterocycles. The van der Waals surface area contributed by atoms with Crippen molar-refractivity contribution in [2.75, 3.05) is 32.8 Å². The summed E-state index contributed by atoms with van der Waals surface area (Å²) in [6.45, 7) is 5.58. The Morgan fingerprint density at radius 1 is 1.33 bits per heavy atom. The molecule has 2 rings (SSSR count). The summed E-state index contributed by atoms with van der Waals surface area (Å²) < 4.78 is 5.44. The van der Waals surface area contributed by atoms with Crippen LogP contribution in [0.15, 0.2) is 24.3 Å². The van der Waals surface area contributed by atoms with Gasteiger partial charge in [-0.15, -0.1) is 0 Å². The van der Waals surface area contributed by atoms with Crippen molar-refractivity contribution in [2.45, 2.75) is 25.2 Å². The highest BCUT2D eigenvalue weighted by Crippen LogP contribution is 2.36. The zero-order chi connectivity index (χ0) is 15.1. The van der Waals surface area contributed by atoms with Crippen LogP contribution < -0.4 is 10.6 Å². The van der Waals surface area contributed by atoms with E-state index in [9.17, 15) is 4.79 Å². The molecule has 1 aliphatic rings. The second-order valence-electron chi connectivity index (χ2n) is 5.31. The fraction of sp³-hybridized carbons (Fsp3) is 0.562. The monoisotopic (exact) mass is 310 g/mol. The molecular weight excluding hydrogens is 288 g/mol. The number of carbonyl (C=O) groups is 1. The molecule has 1 amide bonds. The first kappa shape index (κ1) is 16.3. The molecule has 0 unspecified atom stereocenters. The highest BCUT2D eigenvalue weighted by Gasteiger charge is 2.41. The van der Waals surface area contributed by atoms with Crippen molar-refractivity contribution in [1.82, 2.24) is 10.6 Å². The summed E-state index contributed by atoms with van der Waals surface area (Å²) in [4.78, 5) is 12.8. The summed E-state index contributed by atoms with van der Waals surface area (Å²) in [6.07, 6.45) is 1.39. The second kappa shape index (κ2) is 7.78. The lowest BCUT2D eigenvalue weighted by Crippen LogP contribution is -2.49. The van der Waals surface area contributed by atoms with E-state index in [1.54, 1.807) is 0 Å². The molecule has 116 valence electrons. The van der Waals surface area contributed by atoms with Crippen LogP contribution in [0.5, 0.6) is 0 Å². The van der Waals surface area contributed by atoms with Crippen molar-refractivity contribution < 1.29 is 9.53 Å².